The number of carbonyl (C=O) groups excluding carboxylic acids is 2. The molecule has 0 aliphatic carbocycles. The molecule has 0 radical (unpaired) electrons. The molecule has 0 spiro atoms. The van der Waals surface area contributed by atoms with Gasteiger partial charge in [0.25, 0.3) is 11.8 Å². The Kier molecular flexibility index (Phi) is 9.11. The van der Waals surface area contributed by atoms with Crippen molar-refractivity contribution in [3.05, 3.63) is 59.7 Å². The van der Waals surface area contributed by atoms with Crippen molar-refractivity contribution >= 4 is 34.8 Å². The number of unbranched alkanes of at least 4 members (excludes halogenated alkanes) is 2. The van der Waals surface area contributed by atoms with Gasteiger partial charge in [-0.1, -0.05) is 25.8 Å². The van der Waals surface area contributed by atoms with Crippen molar-refractivity contribution in [3.63, 3.8) is 0 Å². The van der Waals surface area contributed by atoms with Gasteiger partial charge >= 0.3 is 0 Å². The second-order valence-electron chi connectivity index (χ2n) is 6.43. The molecule has 0 heterocycles. The summed E-state index contributed by atoms with van der Waals surface area (Å²) < 4.78 is 5.65. The van der Waals surface area contributed by atoms with E-state index in [-0.39, 0.29) is 16.9 Å². The van der Waals surface area contributed by atoms with Crippen LogP contribution in [0.25, 0.3) is 0 Å². The van der Waals surface area contributed by atoms with Gasteiger partial charge < -0.3 is 15.4 Å². The summed E-state index contributed by atoms with van der Waals surface area (Å²) >= 11 is 5.21. The van der Waals surface area contributed by atoms with Crippen molar-refractivity contribution in [2.24, 2.45) is 0 Å². The van der Waals surface area contributed by atoms with E-state index in [9.17, 15) is 9.59 Å². The zero-order valence-corrected chi connectivity index (χ0v) is 17.6. The van der Waals surface area contributed by atoms with E-state index in [1.807, 2.05) is 6.92 Å². The average molecular weight is 414 g/mol. The molecule has 154 valence electrons. The van der Waals surface area contributed by atoms with Gasteiger partial charge in [0.15, 0.2) is 5.11 Å². The summed E-state index contributed by atoms with van der Waals surface area (Å²) in [4.78, 5) is 24.3. The van der Waals surface area contributed by atoms with Crippen molar-refractivity contribution in [3.8, 4) is 5.75 Å². The molecule has 0 unspecified atom stereocenters. The molecule has 7 heteroatoms. The second-order valence-corrected chi connectivity index (χ2v) is 6.84. The van der Waals surface area contributed by atoms with Gasteiger partial charge in [0.2, 0.25) is 0 Å². The molecule has 6 nitrogen and oxygen atoms in total. The van der Waals surface area contributed by atoms with E-state index in [1.165, 1.54) is 0 Å². The van der Waals surface area contributed by atoms with Crippen LogP contribution < -0.4 is 20.7 Å². The third kappa shape index (κ3) is 7.54. The summed E-state index contributed by atoms with van der Waals surface area (Å²) in [5, 5.41) is 8.46. The first-order chi connectivity index (χ1) is 14.0. The lowest BCUT2D eigenvalue weighted by Gasteiger charge is -2.11. The maximum atomic E-state index is 12.4. The van der Waals surface area contributed by atoms with Crippen LogP contribution >= 0.6 is 12.2 Å². The minimum atomic E-state index is -0.320. The highest BCUT2D eigenvalue weighted by Gasteiger charge is 2.10. The van der Waals surface area contributed by atoms with Gasteiger partial charge in [-0.25, -0.2) is 0 Å². The minimum Gasteiger partial charge on any atom is -0.494 e. The molecule has 0 saturated carbocycles. The molecule has 2 amide bonds. The van der Waals surface area contributed by atoms with E-state index >= 15 is 0 Å². The van der Waals surface area contributed by atoms with E-state index in [2.05, 4.69) is 22.9 Å². The molecule has 3 N–H and O–H groups in total. The Morgan fingerprint density at radius 2 is 1.72 bits per heavy atom. The van der Waals surface area contributed by atoms with E-state index < -0.39 is 0 Å². The Morgan fingerprint density at radius 1 is 0.966 bits per heavy atom. The number of carbonyl (C=O) groups is 2. The van der Waals surface area contributed by atoms with Gasteiger partial charge in [-0.15, -0.1) is 0 Å². The number of rotatable bonds is 9. The van der Waals surface area contributed by atoms with Gasteiger partial charge in [0.1, 0.15) is 5.75 Å². The summed E-state index contributed by atoms with van der Waals surface area (Å²) in [5.41, 5.74) is 1.61. The van der Waals surface area contributed by atoms with Crippen molar-refractivity contribution < 1.29 is 14.3 Å². The first-order valence-corrected chi connectivity index (χ1v) is 10.2. The number of nitrogens with one attached hydrogen (secondary N) is 3. The van der Waals surface area contributed by atoms with Crippen LogP contribution in [-0.2, 0) is 0 Å². The Morgan fingerprint density at radius 3 is 2.41 bits per heavy atom. The molecule has 0 aliphatic heterocycles. The topological polar surface area (TPSA) is 79.5 Å². The maximum Gasteiger partial charge on any atom is 0.257 e. The number of hydrogen-bond donors (Lipinski definition) is 3. The highest BCUT2D eigenvalue weighted by molar-refractivity contribution is 7.80. The average Bonchev–Trinajstić information content (AvgIpc) is 2.72. The van der Waals surface area contributed by atoms with Crippen LogP contribution in [0.5, 0.6) is 5.75 Å². The molecule has 29 heavy (non-hydrogen) atoms. The highest BCUT2D eigenvalue weighted by atomic mass is 32.1. The molecule has 0 aliphatic rings. The first kappa shape index (κ1) is 22.4. The van der Waals surface area contributed by atoms with E-state index in [0.29, 0.717) is 30.0 Å². The Labute approximate surface area is 177 Å². The van der Waals surface area contributed by atoms with Crippen LogP contribution in [0.2, 0.25) is 0 Å². The number of hydrogen-bond acceptors (Lipinski definition) is 4. The monoisotopic (exact) mass is 413 g/mol. The zero-order chi connectivity index (χ0) is 21.1. The molecule has 0 saturated heterocycles. The fourth-order valence-corrected chi connectivity index (χ4v) is 2.79. The van der Waals surface area contributed by atoms with Crippen LogP contribution in [0.1, 0.15) is 53.8 Å². The lowest BCUT2D eigenvalue weighted by Crippen LogP contribution is -2.34. The second kappa shape index (κ2) is 11.8. The molecule has 0 bridgehead atoms. The third-order valence-corrected chi connectivity index (χ3v) is 4.28. The number of thiocarbonyl (C=S) groups is 1. The van der Waals surface area contributed by atoms with Gasteiger partial charge in [-0.3, -0.25) is 14.9 Å². The molecule has 2 aromatic rings. The fraction of sp³-hybridized carbons (Fsp3) is 0.318. The maximum absolute atomic E-state index is 12.4. The number of anilines is 1. The molecular formula is C22H27N3O3S. The number of ether oxygens (including phenoxy) is 1. The normalized spacial score (nSPS) is 10.1. The number of amides is 2. The quantitative estimate of drug-likeness (QED) is 0.425. The van der Waals surface area contributed by atoms with Crippen molar-refractivity contribution in [1.29, 1.82) is 0 Å². The Balaban J connectivity index is 1.88. The van der Waals surface area contributed by atoms with Crippen LogP contribution in [0.3, 0.4) is 0 Å². The Bertz CT molecular complexity index is 837. The van der Waals surface area contributed by atoms with E-state index in [1.54, 1.807) is 48.5 Å². The number of benzene rings is 2. The lowest BCUT2D eigenvalue weighted by atomic mass is 10.2. The molecule has 0 atom stereocenters. The highest BCUT2D eigenvalue weighted by Crippen LogP contribution is 2.14. The van der Waals surface area contributed by atoms with Crippen LogP contribution in [0, 0.1) is 0 Å². The van der Waals surface area contributed by atoms with Gasteiger partial charge in [0.05, 0.1) is 6.61 Å². The fourth-order valence-electron chi connectivity index (χ4n) is 2.58. The van der Waals surface area contributed by atoms with Crippen LogP contribution in [0.15, 0.2) is 48.5 Å². The smallest absolute Gasteiger partial charge is 0.257 e. The minimum absolute atomic E-state index is 0.156. The summed E-state index contributed by atoms with van der Waals surface area (Å²) in [5.74, 6) is 0.253. The summed E-state index contributed by atoms with van der Waals surface area (Å²) in [7, 11) is 0. The standard InChI is InChI=1S/C22H27N3O3S/c1-3-5-6-14-28-19-12-10-16(11-13-19)21(27)25-22(29)24-18-9-7-8-17(15-18)20(26)23-4-2/h7-13,15H,3-6,14H2,1-2H3,(H,23,26)(H2,24,25,27,29). The zero-order valence-electron chi connectivity index (χ0n) is 16.8. The molecule has 2 rings (SSSR count). The van der Waals surface area contributed by atoms with E-state index in [0.717, 1.165) is 25.0 Å². The summed E-state index contributed by atoms with van der Waals surface area (Å²) in [6.45, 7) is 5.22. The summed E-state index contributed by atoms with van der Waals surface area (Å²) in [6.07, 6.45) is 3.30. The van der Waals surface area contributed by atoms with Crippen molar-refractivity contribution in [2.45, 2.75) is 33.1 Å². The van der Waals surface area contributed by atoms with Crippen molar-refractivity contribution in [2.75, 3.05) is 18.5 Å². The van der Waals surface area contributed by atoms with Gasteiger partial charge in [-0.2, -0.15) is 0 Å². The van der Waals surface area contributed by atoms with Crippen molar-refractivity contribution in [1.82, 2.24) is 10.6 Å². The summed E-state index contributed by atoms with van der Waals surface area (Å²) in [6, 6.07) is 13.8. The predicted octanol–water partition coefficient (Wildman–Crippen LogP) is 4.13. The first-order valence-electron chi connectivity index (χ1n) is 9.77. The molecular weight excluding hydrogens is 386 g/mol. The third-order valence-electron chi connectivity index (χ3n) is 4.08. The molecule has 0 fully saturated rings. The van der Waals surface area contributed by atoms with Crippen LogP contribution in [-0.4, -0.2) is 30.1 Å². The SMILES string of the molecule is CCCCCOc1ccc(C(=O)NC(=S)Nc2cccc(C(=O)NCC)c2)cc1. The Hall–Kier alpha value is -2.93. The van der Waals surface area contributed by atoms with Crippen LogP contribution in [0.4, 0.5) is 5.69 Å². The predicted molar refractivity (Wildman–Crippen MR) is 120 cm³/mol. The van der Waals surface area contributed by atoms with E-state index in [4.69, 9.17) is 17.0 Å². The lowest BCUT2D eigenvalue weighted by molar-refractivity contribution is 0.0953. The van der Waals surface area contributed by atoms with Gasteiger partial charge in [-0.05, 0) is 68.0 Å². The largest absolute Gasteiger partial charge is 0.494 e. The molecule has 0 aromatic heterocycles. The van der Waals surface area contributed by atoms with Gasteiger partial charge in [0, 0.05) is 23.4 Å². The molecule has 2 aromatic carbocycles.